The van der Waals surface area contributed by atoms with Crippen LogP contribution in [-0.4, -0.2) is 54.8 Å². The van der Waals surface area contributed by atoms with Gasteiger partial charge >= 0.3 is 12.0 Å². The van der Waals surface area contributed by atoms with E-state index in [1.807, 2.05) is 0 Å². The summed E-state index contributed by atoms with van der Waals surface area (Å²) in [5.41, 5.74) is 5.08. The van der Waals surface area contributed by atoms with Crippen LogP contribution in [0, 0.1) is 10.1 Å². The summed E-state index contributed by atoms with van der Waals surface area (Å²) in [5, 5.41) is 30.9. The van der Waals surface area contributed by atoms with Gasteiger partial charge < -0.3 is 34.7 Å². The largest absolute Gasteiger partial charge is 0.490 e. The van der Waals surface area contributed by atoms with Crippen molar-refractivity contribution in [3.63, 3.8) is 0 Å². The van der Waals surface area contributed by atoms with Crippen LogP contribution in [0.4, 0.5) is 10.5 Å². The van der Waals surface area contributed by atoms with Crippen LogP contribution in [0.2, 0.25) is 0 Å². The summed E-state index contributed by atoms with van der Waals surface area (Å²) in [6.45, 7) is 3.65. The monoisotopic (exact) mass is 775 g/mol. The average molecular weight is 777 g/mol. The second-order valence-corrected chi connectivity index (χ2v) is 11.7. The Morgan fingerprint density at radius 2 is 1.87 bits per heavy atom. The van der Waals surface area contributed by atoms with Gasteiger partial charge in [0.25, 0.3) is 5.69 Å². The Morgan fingerprint density at radius 3 is 2.55 bits per heavy atom. The van der Waals surface area contributed by atoms with Gasteiger partial charge in [0.1, 0.15) is 19.0 Å². The molecule has 1 aliphatic rings. The van der Waals surface area contributed by atoms with Crippen LogP contribution in [0.15, 0.2) is 79.9 Å². The molecule has 47 heavy (non-hydrogen) atoms. The molecule has 1 heterocycles. The number of allylic oxidation sites excluding steroid dienone is 1. The number of nitrogens with one attached hydrogen (secondary N) is 3. The molecule has 0 aliphatic carbocycles. The molecule has 0 bridgehead atoms. The minimum absolute atomic E-state index is 0.0179. The van der Waals surface area contributed by atoms with Crippen LogP contribution in [0.25, 0.3) is 0 Å². The van der Waals surface area contributed by atoms with Gasteiger partial charge in [-0.1, -0.05) is 18.2 Å². The Kier molecular flexibility index (Phi) is 12.2. The highest BCUT2D eigenvalue weighted by atomic mass is 79.9. The van der Waals surface area contributed by atoms with Crippen LogP contribution < -0.4 is 30.3 Å². The molecule has 3 aromatic carbocycles. The molecule has 4 N–H and O–H groups in total. The fourth-order valence-corrected chi connectivity index (χ4v) is 5.98. The predicted molar refractivity (Wildman–Crippen MR) is 178 cm³/mol. The molecule has 1 aliphatic heterocycles. The molecule has 3 aromatic rings. The van der Waals surface area contributed by atoms with Crippen molar-refractivity contribution in [3.05, 3.63) is 102 Å². The fraction of sp³-hybridized carbons (Fsp3) is 0.258. The van der Waals surface area contributed by atoms with Gasteiger partial charge in [-0.15, -0.1) is 0 Å². The van der Waals surface area contributed by atoms with Crippen LogP contribution in [-0.2, 0) is 16.1 Å². The van der Waals surface area contributed by atoms with E-state index in [0.717, 1.165) is 0 Å². The number of aliphatic hydroxyl groups is 1. The summed E-state index contributed by atoms with van der Waals surface area (Å²) < 4.78 is 23.5. The van der Waals surface area contributed by atoms with Gasteiger partial charge in [0.15, 0.2) is 17.7 Å². The molecular formula is C31H31Br2N5O9. The molecular weight excluding hydrogens is 746 g/mol. The number of carbonyl (C=O) groups excluding carboxylic acids is 2. The molecule has 0 spiro atoms. The normalized spacial score (nSPS) is 15.0. The van der Waals surface area contributed by atoms with Crippen LogP contribution in [0.1, 0.15) is 36.6 Å². The summed E-state index contributed by atoms with van der Waals surface area (Å²) in [6, 6.07) is 13.4. The maximum absolute atomic E-state index is 12.4. The fourth-order valence-electron chi connectivity index (χ4n) is 4.53. The lowest BCUT2D eigenvalue weighted by molar-refractivity contribution is -0.384. The van der Waals surface area contributed by atoms with E-state index < -0.39 is 29.2 Å². The van der Waals surface area contributed by atoms with E-state index in [9.17, 15) is 24.8 Å². The lowest BCUT2D eigenvalue weighted by Crippen LogP contribution is -2.45. The number of methoxy groups -OCH3 is 1. The van der Waals surface area contributed by atoms with E-state index in [2.05, 4.69) is 53.0 Å². The maximum Gasteiger partial charge on any atom is 0.337 e. The first-order valence-corrected chi connectivity index (χ1v) is 15.7. The van der Waals surface area contributed by atoms with E-state index in [1.54, 1.807) is 56.3 Å². The minimum Gasteiger partial charge on any atom is -0.490 e. The number of hydrogen-bond acceptors (Lipinski definition) is 11. The zero-order chi connectivity index (χ0) is 34.1. The molecule has 0 radical (unpaired) electrons. The van der Waals surface area contributed by atoms with Crippen molar-refractivity contribution in [2.45, 2.75) is 32.7 Å². The van der Waals surface area contributed by atoms with Gasteiger partial charge in [-0.05, 0) is 86.7 Å². The molecule has 14 nitrogen and oxygen atoms in total. The number of hydrazone groups is 1. The van der Waals surface area contributed by atoms with E-state index in [4.69, 9.17) is 18.9 Å². The van der Waals surface area contributed by atoms with Crippen LogP contribution >= 0.6 is 31.9 Å². The third kappa shape index (κ3) is 9.21. The van der Waals surface area contributed by atoms with Crippen LogP contribution in [0.5, 0.6) is 17.2 Å². The molecule has 2 atom stereocenters. The third-order valence-corrected chi connectivity index (χ3v) is 7.81. The van der Waals surface area contributed by atoms with Gasteiger partial charge in [-0.3, -0.25) is 15.5 Å². The number of amides is 2. The number of esters is 1. The highest BCUT2D eigenvalue weighted by molar-refractivity contribution is 9.11. The topological polar surface area (TPSA) is 183 Å². The Morgan fingerprint density at radius 1 is 1.13 bits per heavy atom. The van der Waals surface area contributed by atoms with E-state index >= 15 is 0 Å². The number of halogens is 2. The Labute approximate surface area is 286 Å². The molecule has 0 saturated carbocycles. The van der Waals surface area contributed by atoms with Crippen molar-refractivity contribution in [1.29, 1.82) is 0 Å². The number of hydrogen-bond donors (Lipinski definition) is 4. The Hall–Kier alpha value is -4.67. The minimum atomic E-state index is -1.19. The number of aliphatic hydroxyl groups excluding tert-OH is 1. The number of rotatable bonds is 14. The third-order valence-electron chi connectivity index (χ3n) is 6.63. The van der Waals surface area contributed by atoms with Crippen molar-refractivity contribution >= 4 is 55.8 Å². The molecule has 248 valence electrons. The quantitative estimate of drug-likeness (QED) is 0.0557. The van der Waals surface area contributed by atoms with E-state index in [1.165, 1.54) is 25.5 Å². The maximum atomic E-state index is 12.4. The molecule has 2 amide bonds. The summed E-state index contributed by atoms with van der Waals surface area (Å²) in [4.78, 5) is 35.2. The number of nitro benzene ring substituents is 1. The van der Waals surface area contributed by atoms with E-state index in [-0.39, 0.29) is 24.5 Å². The number of benzene rings is 3. The highest BCUT2D eigenvalue weighted by Crippen LogP contribution is 2.36. The Balaban J connectivity index is 1.37. The SMILES string of the molecule is CCOc1cc([C@H]2NC(=O)NC(C)=C2C(=O)OC)ccc1OC[C@H](O)N/N=C\c1cc(Br)c(OCc2cccc([N+](=O)[O-])c2)c(Br)c1. The first-order valence-electron chi connectivity index (χ1n) is 14.1. The number of non-ortho nitro benzene ring substituents is 1. The molecule has 0 fully saturated rings. The lowest BCUT2D eigenvalue weighted by Gasteiger charge is -2.28. The summed E-state index contributed by atoms with van der Waals surface area (Å²) in [6.07, 6.45) is 0.302. The lowest BCUT2D eigenvalue weighted by atomic mass is 9.95. The van der Waals surface area contributed by atoms with Gasteiger partial charge in [0, 0.05) is 17.8 Å². The van der Waals surface area contributed by atoms with Gasteiger partial charge in [0.2, 0.25) is 0 Å². The molecule has 4 rings (SSSR count). The number of ether oxygens (including phenoxy) is 4. The first kappa shape index (κ1) is 35.2. The molecule has 0 aromatic heterocycles. The summed E-state index contributed by atoms with van der Waals surface area (Å²) >= 11 is 6.95. The number of carbonyl (C=O) groups is 2. The molecule has 0 unspecified atom stereocenters. The van der Waals surface area contributed by atoms with E-state index in [0.29, 0.717) is 55.2 Å². The number of nitrogens with zero attached hydrogens (tertiary/aromatic N) is 2. The first-order chi connectivity index (χ1) is 22.5. The smallest absolute Gasteiger partial charge is 0.337 e. The summed E-state index contributed by atoms with van der Waals surface area (Å²) in [5.74, 6) is 0.587. The van der Waals surface area contributed by atoms with Crippen molar-refractivity contribution < 1.29 is 38.6 Å². The molecule has 16 heteroatoms. The van der Waals surface area contributed by atoms with Gasteiger partial charge in [-0.25, -0.2) is 9.59 Å². The number of nitro groups is 1. The standard InChI is InChI=1S/C31H31Br2N5O9/c1-4-45-25-13-20(28-27(30(40)44-3)17(2)35-31(41)36-28)8-9-24(25)46-16-26(39)37-34-14-19-11-22(32)29(23(33)12-19)47-15-18-6-5-7-21(10-18)38(42)43/h5-14,26,28,37,39H,4,15-16H2,1-3H3,(H2,35,36,41)/b34-14-/t26-,28+/m0/s1. The predicted octanol–water partition coefficient (Wildman–Crippen LogP) is 5.22. The van der Waals surface area contributed by atoms with Crippen molar-refractivity contribution in [1.82, 2.24) is 16.1 Å². The van der Waals surface area contributed by atoms with Crippen LogP contribution in [0.3, 0.4) is 0 Å². The second kappa shape index (κ2) is 16.2. The summed E-state index contributed by atoms with van der Waals surface area (Å²) in [7, 11) is 1.26. The second-order valence-electron chi connectivity index (χ2n) is 9.94. The highest BCUT2D eigenvalue weighted by Gasteiger charge is 2.32. The van der Waals surface area contributed by atoms with Gasteiger partial charge in [0.05, 0.1) is 45.4 Å². The average Bonchev–Trinajstić information content (AvgIpc) is 3.03. The van der Waals surface area contributed by atoms with Crippen molar-refractivity contribution in [3.8, 4) is 17.2 Å². The van der Waals surface area contributed by atoms with Crippen molar-refractivity contribution in [2.75, 3.05) is 20.3 Å². The zero-order valence-electron chi connectivity index (χ0n) is 25.4. The Bertz CT molecular complexity index is 1690. The number of urea groups is 1. The van der Waals surface area contributed by atoms with Gasteiger partial charge in [-0.2, -0.15) is 5.10 Å². The zero-order valence-corrected chi connectivity index (χ0v) is 28.6. The molecule has 0 saturated heterocycles. The van der Waals surface area contributed by atoms with Crippen molar-refractivity contribution in [2.24, 2.45) is 5.10 Å².